The van der Waals surface area contributed by atoms with Gasteiger partial charge in [-0.05, 0) is 37.3 Å². The van der Waals surface area contributed by atoms with Crippen molar-refractivity contribution in [3.63, 3.8) is 0 Å². The largest absolute Gasteiger partial charge is 0.329 e. The number of pyridine rings is 1. The molecule has 10 heteroatoms. The van der Waals surface area contributed by atoms with Crippen molar-refractivity contribution in [2.75, 3.05) is 6.54 Å². The molecule has 0 aliphatic heterocycles. The molecule has 0 radical (unpaired) electrons. The number of aromatic nitrogens is 5. The lowest BCUT2D eigenvalue weighted by atomic mass is 10.2. The third kappa shape index (κ3) is 3.74. The van der Waals surface area contributed by atoms with E-state index in [0.717, 1.165) is 11.4 Å². The Morgan fingerprint density at radius 2 is 1.90 bits per heavy atom. The van der Waals surface area contributed by atoms with Crippen LogP contribution >= 0.6 is 0 Å². The molecule has 0 unspecified atom stereocenters. The topological polar surface area (TPSA) is 126 Å². The molecule has 0 saturated carbocycles. The van der Waals surface area contributed by atoms with Gasteiger partial charge < -0.3 is 5.73 Å². The lowest BCUT2D eigenvalue weighted by Gasteiger charge is -2.08. The Balaban J connectivity index is 1.70. The molecule has 0 aliphatic carbocycles. The van der Waals surface area contributed by atoms with E-state index in [2.05, 4.69) is 15.2 Å². The number of fused-ring (bicyclic) bond motifs is 1. The van der Waals surface area contributed by atoms with Gasteiger partial charge in [-0.1, -0.05) is 6.07 Å². The molecule has 30 heavy (non-hydrogen) atoms. The van der Waals surface area contributed by atoms with Gasteiger partial charge in [-0.15, -0.1) is 0 Å². The predicted molar refractivity (Wildman–Crippen MR) is 111 cm³/mol. The summed E-state index contributed by atoms with van der Waals surface area (Å²) < 4.78 is 28.6. The van der Waals surface area contributed by atoms with E-state index in [4.69, 9.17) is 5.73 Å². The first-order chi connectivity index (χ1) is 14.4. The molecule has 0 bridgehead atoms. The fourth-order valence-electron chi connectivity index (χ4n) is 3.16. The van der Waals surface area contributed by atoms with Crippen LogP contribution in [0, 0.1) is 6.92 Å². The van der Waals surface area contributed by atoms with Crippen molar-refractivity contribution < 1.29 is 8.42 Å². The molecule has 4 aromatic rings. The van der Waals surface area contributed by atoms with Crippen molar-refractivity contribution in [3.05, 3.63) is 76.7 Å². The lowest BCUT2D eigenvalue weighted by Crippen LogP contribution is -2.23. The SMILES string of the molecule is Cc1cccc(Cn2ncc3cc(S(=O)(=O)c4cnn(CCN)c4)ccc3c2=O)n1. The highest BCUT2D eigenvalue weighted by molar-refractivity contribution is 7.91. The van der Waals surface area contributed by atoms with Gasteiger partial charge in [0.05, 0.1) is 41.5 Å². The Kier molecular flexibility index (Phi) is 5.18. The summed E-state index contributed by atoms with van der Waals surface area (Å²) in [6.07, 6.45) is 4.22. The molecule has 3 heterocycles. The summed E-state index contributed by atoms with van der Waals surface area (Å²) in [5.41, 5.74) is 6.74. The molecule has 0 amide bonds. The molecule has 2 N–H and O–H groups in total. The third-order valence-corrected chi connectivity index (χ3v) is 6.38. The number of rotatable bonds is 6. The minimum Gasteiger partial charge on any atom is -0.329 e. The number of hydrogen-bond donors (Lipinski definition) is 1. The van der Waals surface area contributed by atoms with Gasteiger partial charge in [-0.25, -0.2) is 13.1 Å². The second-order valence-corrected chi connectivity index (χ2v) is 8.81. The first kappa shape index (κ1) is 19.9. The van der Waals surface area contributed by atoms with Crippen molar-refractivity contribution in [3.8, 4) is 0 Å². The van der Waals surface area contributed by atoms with E-state index in [1.54, 1.807) is 0 Å². The highest BCUT2D eigenvalue weighted by atomic mass is 32.2. The molecule has 0 aliphatic rings. The molecule has 3 aromatic heterocycles. The number of hydrogen-bond acceptors (Lipinski definition) is 7. The quantitative estimate of drug-likeness (QED) is 0.492. The van der Waals surface area contributed by atoms with Crippen molar-refractivity contribution >= 4 is 20.6 Å². The maximum Gasteiger partial charge on any atom is 0.274 e. The van der Waals surface area contributed by atoms with Gasteiger partial charge in [-0.2, -0.15) is 10.2 Å². The maximum absolute atomic E-state index is 12.9. The summed E-state index contributed by atoms with van der Waals surface area (Å²) >= 11 is 0. The highest BCUT2D eigenvalue weighted by Gasteiger charge is 2.21. The molecule has 1 aromatic carbocycles. The average Bonchev–Trinajstić information content (AvgIpc) is 3.20. The van der Waals surface area contributed by atoms with E-state index in [-0.39, 0.29) is 21.9 Å². The zero-order valence-electron chi connectivity index (χ0n) is 16.3. The monoisotopic (exact) mass is 424 g/mol. The van der Waals surface area contributed by atoms with E-state index in [0.29, 0.717) is 23.9 Å². The normalized spacial score (nSPS) is 11.8. The molecule has 0 saturated heterocycles. The molecule has 0 fully saturated rings. The fraction of sp³-hybridized carbons (Fsp3) is 0.200. The fourth-order valence-corrected chi connectivity index (χ4v) is 4.41. The van der Waals surface area contributed by atoms with Gasteiger partial charge in [0.2, 0.25) is 9.84 Å². The molecule has 154 valence electrons. The van der Waals surface area contributed by atoms with Crippen LogP contribution in [0.2, 0.25) is 0 Å². The number of sulfone groups is 1. The Morgan fingerprint density at radius 1 is 1.07 bits per heavy atom. The molecule has 0 atom stereocenters. The van der Waals surface area contributed by atoms with Crippen LogP contribution in [0.25, 0.3) is 10.8 Å². The third-order valence-electron chi connectivity index (χ3n) is 4.67. The zero-order valence-corrected chi connectivity index (χ0v) is 17.1. The van der Waals surface area contributed by atoms with Gasteiger partial charge in [-0.3, -0.25) is 14.5 Å². The molecule has 4 rings (SSSR count). The van der Waals surface area contributed by atoms with Crippen LogP contribution in [0.15, 0.2) is 69.6 Å². The van der Waals surface area contributed by atoms with Crippen LogP contribution in [-0.2, 0) is 22.9 Å². The molecule has 9 nitrogen and oxygen atoms in total. The second kappa shape index (κ2) is 7.81. The second-order valence-electron chi connectivity index (χ2n) is 6.86. The number of nitrogens with zero attached hydrogens (tertiary/aromatic N) is 5. The molecule has 0 spiro atoms. The Morgan fingerprint density at radius 3 is 2.67 bits per heavy atom. The first-order valence-corrected chi connectivity index (χ1v) is 10.8. The number of nitrogens with two attached hydrogens (primary N) is 1. The van der Waals surface area contributed by atoms with Gasteiger partial charge >= 0.3 is 0 Å². The van der Waals surface area contributed by atoms with Crippen molar-refractivity contribution in [1.82, 2.24) is 24.5 Å². The minimum atomic E-state index is -3.77. The Hall–Kier alpha value is -3.37. The Bertz CT molecular complexity index is 1390. The van der Waals surface area contributed by atoms with Crippen LogP contribution in [0.1, 0.15) is 11.4 Å². The lowest BCUT2D eigenvalue weighted by molar-refractivity contribution is 0.594. The predicted octanol–water partition coefficient (Wildman–Crippen LogP) is 1.14. The summed E-state index contributed by atoms with van der Waals surface area (Å²) in [4.78, 5) is 17.4. The molecular formula is C20H20N6O3S. The van der Waals surface area contributed by atoms with E-state index in [1.807, 2.05) is 25.1 Å². The maximum atomic E-state index is 12.9. The van der Waals surface area contributed by atoms with Gasteiger partial charge in [0.15, 0.2) is 0 Å². The number of aryl methyl sites for hydroxylation is 1. The highest BCUT2D eigenvalue weighted by Crippen LogP contribution is 2.23. The Labute approximate surface area is 172 Å². The van der Waals surface area contributed by atoms with Crippen LogP contribution < -0.4 is 11.3 Å². The summed E-state index contributed by atoms with van der Waals surface area (Å²) in [5, 5.41) is 9.05. The van der Waals surface area contributed by atoms with Crippen LogP contribution in [-0.4, -0.2) is 39.5 Å². The average molecular weight is 424 g/mol. The molecular weight excluding hydrogens is 404 g/mol. The summed E-state index contributed by atoms with van der Waals surface area (Å²) in [6, 6.07) is 9.96. The van der Waals surface area contributed by atoms with Crippen LogP contribution in [0.4, 0.5) is 0 Å². The van der Waals surface area contributed by atoms with Crippen LogP contribution in [0.3, 0.4) is 0 Å². The summed E-state index contributed by atoms with van der Waals surface area (Å²) in [6.45, 7) is 2.89. The van der Waals surface area contributed by atoms with Crippen molar-refractivity contribution in [2.24, 2.45) is 5.73 Å². The van der Waals surface area contributed by atoms with Crippen molar-refractivity contribution in [1.29, 1.82) is 0 Å². The summed E-state index contributed by atoms with van der Waals surface area (Å²) in [5.74, 6) is 0. The smallest absolute Gasteiger partial charge is 0.274 e. The minimum absolute atomic E-state index is 0.0709. The standard InChI is InChI=1S/C20H20N6O3S/c1-14-3-2-4-16(24-14)12-26-20(27)19-6-5-17(9-15(19)10-23-26)30(28,29)18-11-22-25(13-18)8-7-21/h2-6,9-11,13H,7-8,12,21H2,1H3. The zero-order chi connectivity index (χ0) is 21.3. The van der Waals surface area contributed by atoms with Crippen molar-refractivity contribution in [2.45, 2.75) is 29.8 Å². The van der Waals surface area contributed by atoms with E-state index < -0.39 is 9.84 Å². The first-order valence-electron chi connectivity index (χ1n) is 9.28. The number of benzene rings is 1. The van der Waals surface area contributed by atoms with E-state index >= 15 is 0 Å². The van der Waals surface area contributed by atoms with Gasteiger partial charge in [0.1, 0.15) is 4.90 Å². The van der Waals surface area contributed by atoms with E-state index in [9.17, 15) is 13.2 Å². The summed E-state index contributed by atoms with van der Waals surface area (Å²) in [7, 11) is -3.77. The van der Waals surface area contributed by atoms with Crippen LogP contribution in [0.5, 0.6) is 0 Å². The van der Waals surface area contributed by atoms with Gasteiger partial charge in [0.25, 0.3) is 5.56 Å². The van der Waals surface area contributed by atoms with E-state index in [1.165, 1.54) is 46.2 Å². The van der Waals surface area contributed by atoms with Gasteiger partial charge in [0, 0.05) is 23.8 Å².